The van der Waals surface area contributed by atoms with E-state index in [9.17, 15) is 4.39 Å². The molecule has 0 unspecified atom stereocenters. The van der Waals surface area contributed by atoms with Crippen LogP contribution >= 0.6 is 0 Å². The molecule has 0 saturated carbocycles. The second kappa shape index (κ2) is 5.28. The zero-order valence-electron chi connectivity index (χ0n) is 9.97. The van der Waals surface area contributed by atoms with Gasteiger partial charge in [0.15, 0.2) is 0 Å². The maximum absolute atomic E-state index is 13.8. The van der Waals surface area contributed by atoms with Gasteiger partial charge < -0.3 is 4.90 Å². The lowest BCUT2D eigenvalue weighted by atomic mass is 10.2. The number of benzene rings is 1. The van der Waals surface area contributed by atoms with Crippen molar-refractivity contribution in [3.05, 3.63) is 59.7 Å². The first-order valence-electron chi connectivity index (χ1n) is 5.50. The molecule has 4 heteroatoms. The van der Waals surface area contributed by atoms with E-state index in [4.69, 9.17) is 5.26 Å². The number of aromatic nitrogens is 1. The van der Waals surface area contributed by atoms with Gasteiger partial charge in [-0.2, -0.15) is 5.26 Å². The molecular weight excluding hydrogens is 229 g/mol. The van der Waals surface area contributed by atoms with E-state index in [2.05, 4.69) is 4.98 Å². The summed E-state index contributed by atoms with van der Waals surface area (Å²) < 4.78 is 13.8. The highest BCUT2D eigenvalue weighted by molar-refractivity contribution is 5.50. The van der Waals surface area contributed by atoms with Crippen molar-refractivity contribution in [3.8, 4) is 6.07 Å². The average Bonchev–Trinajstić information content (AvgIpc) is 2.39. The normalized spacial score (nSPS) is 9.83. The molecule has 1 aromatic carbocycles. The molecule has 2 rings (SSSR count). The zero-order valence-corrected chi connectivity index (χ0v) is 9.97. The summed E-state index contributed by atoms with van der Waals surface area (Å²) in [5, 5.41) is 8.69. The molecule has 0 fully saturated rings. The average molecular weight is 241 g/mol. The van der Waals surface area contributed by atoms with Crippen molar-refractivity contribution in [2.75, 3.05) is 11.9 Å². The summed E-state index contributed by atoms with van der Waals surface area (Å²) in [6.45, 7) is 0.589. The van der Waals surface area contributed by atoms with E-state index < -0.39 is 0 Å². The molecule has 90 valence electrons. The Morgan fingerprint density at radius 2 is 2.00 bits per heavy atom. The third kappa shape index (κ3) is 2.64. The molecule has 1 heterocycles. The summed E-state index contributed by atoms with van der Waals surface area (Å²) in [7, 11) is 1.81. The zero-order chi connectivity index (χ0) is 13.0. The van der Waals surface area contributed by atoms with Gasteiger partial charge in [0.05, 0.1) is 17.3 Å². The van der Waals surface area contributed by atoms with E-state index in [1.54, 1.807) is 29.4 Å². The van der Waals surface area contributed by atoms with Crippen LogP contribution in [0.5, 0.6) is 0 Å². The highest BCUT2D eigenvalue weighted by atomic mass is 19.1. The molecule has 0 N–H and O–H groups in total. The van der Waals surface area contributed by atoms with E-state index in [0.717, 1.165) is 5.56 Å². The third-order valence-corrected chi connectivity index (χ3v) is 2.66. The SMILES string of the molecule is CN(Cc1ccncc1)c1ccc(C#N)cc1F. The Kier molecular flexibility index (Phi) is 3.54. The summed E-state index contributed by atoms with van der Waals surface area (Å²) >= 11 is 0. The smallest absolute Gasteiger partial charge is 0.147 e. The molecule has 18 heavy (non-hydrogen) atoms. The molecule has 0 saturated heterocycles. The number of nitriles is 1. The Labute approximate surface area is 105 Å². The van der Waals surface area contributed by atoms with Crippen molar-refractivity contribution in [1.82, 2.24) is 4.98 Å². The Balaban J connectivity index is 2.19. The molecule has 0 bridgehead atoms. The predicted molar refractivity (Wildman–Crippen MR) is 67.5 cm³/mol. The lowest BCUT2D eigenvalue weighted by Gasteiger charge is -2.20. The summed E-state index contributed by atoms with van der Waals surface area (Å²) in [5.74, 6) is -0.384. The Morgan fingerprint density at radius 3 is 2.61 bits per heavy atom. The van der Waals surface area contributed by atoms with Gasteiger partial charge in [-0.05, 0) is 35.9 Å². The van der Waals surface area contributed by atoms with Gasteiger partial charge in [0.25, 0.3) is 0 Å². The molecular formula is C14H12FN3. The molecule has 0 spiro atoms. The van der Waals surface area contributed by atoms with Gasteiger partial charge in [-0.15, -0.1) is 0 Å². The molecule has 3 nitrogen and oxygen atoms in total. The highest BCUT2D eigenvalue weighted by Gasteiger charge is 2.08. The number of rotatable bonds is 3. The van der Waals surface area contributed by atoms with Gasteiger partial charge in [-0.25, -0.2) is 4.39 Å². The lowest BCUT2D eigenvalue weighted by molar-refractivity contribution is 0.622. The van der Waals surface area contributed by atoms with Crippen LogP contribution in [0.15, 0.2) is 42.7 Å². The van der Waals surface area contributed by atoms with Gasteiger partial charge in [0, 0.05) is 26.0 Å². The van der Waals surface area contributed by atoms with Crippen LogP contribution in [-0.4, -0.2) is 12.0 Å². The van der Waals surface area contributed by atoms with Crippen LogP contribution in [0.25, 0.3) is 0 Å². The van der Waals surface area contributed by atoms with E-state index in [1.165, 1.54) is 6.07 Å². The van der Waals surface area contributed by atoms with E-state index in [0.29, 0.717) is 17.8 Å². The van der Waals surface area contributed by atoms with Gasteiger partial charge in [-0.1, -0.05) is 0 Å². The minimum atomic E-state index is -0.384. The van der Waals surface area contributed by atoms with Crippen molar-refractivity contribution in [2.45, 2.75) is 6.54 Å². The number of anilines is 1. The Hall–Kier alpha value is -2.41. The lowest BCUT2D eigenvalue weighted by Crippen LogP contribution is -2.17. The maximum Gasteiger partial charge on any atom is 0.147 e. The fraction of sp³-hybridized carbons (Fsp3) is 0.143. The van der Waals surface area contributed by atoms with Crippen molar-refractivity contribution in [3.63, 3.8) is 0 Å². The number of nitrogens with zero attached hydrogens (tertiary/aromatic N) is 3. The molecule has 0 amide bonds. The van der Waals surface area contributed by atoms with E-state index >= 15 is 0 Å². The van der Waals surface area contributed by atoms with E-state index in [1.807, 2.05) is 25.2 Å². The monoisotopic (exact) mass is 241 g/mol. The van der Waals surface area contributed by atoms with Crippen LogP contribution in [0.4, 0.5) is 10.1 Å². The van der Waals surface area contributed by atoms with Crippen molar-refractivity contribution < 1.29 is 4.39 Å². The summed E-state index contributed by atoms with van der Waals surface area (Å²) in [4.78, 5) is 5.73. The summed E-state index contributed by atoms with van der Waals surface area (Å²) in [6.07, 6.45) is 3.41. The number of hydrogen-bond acceptors (Lipinski definition) is 3. The largest absolute Gasteiger partial charge is 0.368 e. The second-order valence-electron chi connectivity index (χ2n) is 3.99. The van der Waals surface area contributed by atoms with Crippen LogP contribution < -0.4 is 4.90 Å². The highest BCUT2D eigenvalue weighted by Crippen LogP contribution is 2.20. The Morgan fingerprint density at radius 1 is 1.28 bits per heavy atom. The first-order valence-corrected chi connectivity index (χ1v) is 5.50. The number of hydrogen-bond donors (Lipinski definition) is 0. The molecule has 1 aromatic heterocycles. The molecule has 0 aliphatic carbocycles. The van der Waals surface area contributed by atoms with Crippen molar-refractivity contribution in [1.29, 1.82) is 5.26 Å². The predicted octanol–water partition coefficient (Wildman–Crippen LogP) is 2.73. The Bertz CT molecular complexity index is 575. The minimum Gasteiger partial charge on any atom is -0.368 e. The number of halogens is 1. The number of pyridine rings is 1. The van der Waals surface area contributed by atoms with Gasteiger partial charge in [0.1, 0.15) is 5.82 Å². The first kappa shape index (κ1) is 12.1. The van der Waals surface area contributed by atoms with Crippen LogP contribution in [0.3, 0.4) is 0 Å². The van der Waals surface area contributed by atoms with Crippen LogP contribution in [0, 0.1) is 17.1 Å². The topological polar surface area (TPSA) is 39.9 Å². The summed E-state index contributed by atoms with van der Waals surface area (Å²) in [5.41, 5.74) is 1.86. The molecule has 0 radical (unpaired) electrons. The molecule has 0 aliphatic heterocycles. The van der Waals surface area contributed by atoms with Crippen LogP contribution in [0.1, 0.15) is 11.1 Å². The van der Waals surface area contributed by atoms with Gasteiger partial charge >= 0.3 is 0 Å². The second-order valence-corrected chi connectivity index (χ2v) is 3.99. The third-order valence-electron chi connectivity index (χ3n) is 2.66. The molecule has 2 aromatic rings. The minimum absolute atomic E-state index is 0.327. The quantitative estimate of drug-likeness (QED) is 0.829. The standard InChI is InChI=1S/C14H12FN3/c1-18(10-11-4-6-17-7-5-11)14-3-2-12(9-16)8-13(14)15/h2-8H,10H2,1H3. The van der Waals surface area contributed by atoms with Gasteiger partial charge in [0.2, 0.25) is 0 Å². The van der Waals surface area contributed by atoms with Crippen LogP contribution in [0.2, 0.25) is 0 Å². The maximum atomic E-state index is 13.8. The first-order chi connectivity index (χ1) is 8.70. The fourth-order valence-corrected chi connectivity index (χ4v) is 1.73. The van der Waals surface area contributed by atoms with E-state index in [-0.39, 0.29) is 5.82 Å². The van der Waals surface area contributed by atoms with Gasteiger partial charge in [-0.3, -0.25) is 4.98 Å². The van der Waals surface area contributed by atoms with Crippen LogP contribution in [-0.2, 0) is 6.54 Å². The van der Waals surface area contributed by atoms with Crippen molar-refractivity contribution in [2.24, 2.45) is 0 Å². The van der Waals surface area contributed by atoms with Crippen molar-refractivity contribution >= 4 is 5.69 Å². The molecule has 0 atom stereocenters. The fourth-order valence-electron chi connectivity index (χ4n) is 1.73. The molecule has 0 aliphatic rings. The summed E-state index contributed by atoms with van der Waals surface area (Å²) in [6, 6.07) is 10.2.